The van der Waals surface area contributed by atoms with E-state index >= 15 is 0 Å². The van der Waals surface area contributed by atoms with Crippen LogP contribution < -0.4 is 11.1 Å². The summed E-state index contributed by atoms with van der Waals surface area (Å²) in [5.41, 5.74) is 10.3. The van der Waals surface area contributed by atoms with Gasteiger partial charge in [-0.3, -0.25) is 9.59 Å². The van der Waals surface area contributed by atoms with E-state index in [1.54, 1.807) is 23.2 Å². The largest absolute Gasteiger partial charge is 0.409 e. The van der Waals surface area contributed by atoms with Crippen molar-refractivity contribution in [2.24, 2.45) is 10.9 Å². The van der Waals surface area contributed by atoms with Gasteiger partial charge >= 0.3 is 0 Å². The van der Waals surface area contributed by atoms with E-state index in [0.717, 1.165) is 23.1 Å². The normalized spacial score (nSPS) is 16.6. The molecule has 0 unspecified atom stereocenters. The first kappa shape index (κ1) is 20.3. The second-order valence-corrected chi connectivity index (χ2v) is 7.48. The molecule has 3 heterocycles. The van der Waals surface area contributed by atoms with E-state index in [1.165, 1.54) is 5.57 Å². The number of anilines is 1. The summed E-state index contributed by atoms with van der Waals surface area (Å²) >= 11 is 0. The number of hydrogen-bond acceptors (Lipinski definition) is 5. The van der Waals surface area contributed by atoms with Crippen molar-refractivity contribution in [3.05, 3.63) is 70.9 Å². The van der Waals surface area contributed by atoms with Crippen LogP contribution in [-0.2, 0) is 16.0 Å². The van der Waals surface area contributed by atoms with E-state index in [0.29, 0.717) is 37.3 Å². The Labute approximate surface area is 179 Å². The SMILES string of the molecule is NC(=NO)c1ccc(C2=CCN(C(=O)C=Cc3cnc4c(c3)CCC(=O)N4)CC2)cc1. The number of carbonyl (C=O) groups excluding carboxylic acids is 2. The molecule has 0 aliphatic carbocycles. The summed E-state index contributed by atoms with van der Waals surface area (Å²) in [5, 5.41) is 14.5. The number of nitrogens with zero attached hydrogens (tertiary/aromatic N) is 3. The Morgan fingerprint density at radius 1 is 1.23 bits per heavy atom. The number of rotatable bonds is 4. The molecule has 2 aromatic rings. The van der Waals surface area contributed by atoms with Gasteiger partial charge < -0.3 is 21.2 Å². The Kier molecular flexibility index (Phi) is 5.79. The maximum absolute atomic E-state index is 12.6. The average Bonchev–Trinajstić information content (AvgIpc) is 2.82. The third-order valence-electron chi connectivity index (χ3n) is 5.47. The first-order valence-electron chi connectivity index (χ1n) is 10.1. The fraction of sp³-hybridized carbons (Fsp3) is 0.217. The zero-order valence-electron chi connectivity index (χ0n) is 16.9. The molecule has 2 aliphatic rings. The zero-order valence-corrected chi connectivity index (χ0v) is 16.9. The van der Waals surface area contributed by atoms with E-state index in [4.69, 9.17) is 10.9 Å². The summed E-state index contributed by atoms with van der Waals surface area (Å²) in [6.45, 7) is 1.17. The summed E-state index contributed by atoms with van der Waals surface area (Å²) in [7, 11) is 0. The molecule has 2 aliphatic heterocycles. The number of amidine groups is 1. The van der Waals surface area contributed by atoms with Crippen LogP contribution in [0.1, 0.15) is 35.1 Å². The Hall–Kier alpha value is -3.94. The van der Waals surface area contributed by atoms with Crippen LogP contribution in [0.2, 0.25) is 0 Å². The van der Waals surface area contributed by atoms with Gasteiger partial charge in [-0.1, -0.05) is 35.5 Å². The molecule has 0 saturated carbocycles. The van der Waals surface area contributed by atoms with E-state index in [9.17, 15) is 9.59 Å². The molecule has 1 aromatic heterocycles. The number of pyridine rings is 1. The van der Waals surface area contributed by atoms with Crippen LogP contribution in [0.3, 0.4) is 0 Å². The maximum atomic E-state index is 12.6. The molecule has 2 amide bonds. The zero-order chi connectivity index (χ0) is 21.8. The van der Waals surface area contributed by atoms with E-state index in [-0.39, 0.29) is 17.6 Å². The second-order valence-electron chi connectivity index (χ2n) is 7.48. The Bertz CT molecular complexity index is 1100. The minimum atomic E-state index is -0.0522. The average molecular weight is 417 g/mol. The minimum absolute atomic E-state index is 0.0185. The smallest absolute Gasteiger partial charge is 0.246 e. The number of fused-ring (bicyclic) bond motifs is 1. The standard InChI is InChI=1S/C23H23N5O3/c24-22(27-31)18-4-2-16(3-5-18)17-9-11-28(12-10-17)21(30)8-1-15-13-19-6-7-20(29)26-23(19)25-14-15/h1-5,8-9,13-14,31H,6-7,10-12H2,(H2,24,27)(H,25,26,29). The van der Waals surface area contributed by atoms with Gasteiger partial charge in [-0.25, -0.2) is 4.98 Å². The van der Waals surface area contributed by atoms with Crippen molar-refractivity contribution in [3.63, 3.8) is 0 Å². The monoisotopic (exact) mass is 417 g/mol. The second kappa shape index (κ2) is 8.83. The molecule has 8 heteroatoms. The molecular formula is C23H23N5O3. The fourth-order valence-corrected chi connectivity index (χ4v) is 3.68. The molecule has 0 atom stereocenters. The number of nitrogens with two attached hydrogens (primary N) is 1. The number of hydrogen-bond donors (Lipinski definition) is 3. The summed E-state index contributed by atoms with van der Waals surface area (Å²) < 4.78 is 0. The van der Waals surface area contributed by atoms with Gasteiger partial charge in [-0.15, -0.1) is 0 Å². The number of oxime groups is 1. The Morgan fingerprint density at radius 2 is 2.03 bits per heavy atom. The number of amides is 2. The number of carbonyl (C=O) groups is 2. The molecular weight excluding hydrogens is 394 g/mol. The molecule has 8 nitrogen and oxygen atoms in total. The molecule has 0 spiro atoms. The Balaban J connectivity index is 1.38. The molecule has 4 rings (SSSR count). The van der Waals surface area contributed by atoms with E-state index in [1.807, 2.05) is 30.3 Å². The predicted molar refractivity (Wildman–Crippen MR) is 118 cm³/mol. The number of aryl methyl sites for hydroxylation is 1. The summed E-state index contributed by atoms with van der Waals surface area (Å²) in [6.07, 6.45) is 8.89. The van der Waals surface area contributed by atoms with Gasteiger partial charge in [0.25, 0.3) is 0 Å². The van der Waals surface area contributed by atoms with Crippen molar-refractivity contribution in [2.75, 3.05) is 18.4 Å². The summed E-state index contributed by atoms with van der Waals surface area (Å²) in [6, 6.07) is 9.44. The van der Waals surface area contributed by atoms with Gasteiger partial charge in [0.2, 0.25) is 11.8 Å². The molecule has 0 fully saturated rings. The maximum Gasteiger partial charge on any atom is 0.246 e. The number of nitrogens with one attached hydrogen (secondary N) is 1. The molecule has 0 saturated heterocycles. The minimum Gasteiger partial charge on any atom is -0.409 e. The lowest BCUT2D eigenvalue weighted by Crippen LogP contribution is -2.33. The van der Waals surface area contributed by atoms with Gasteiger partial charge in [0, 0.05) is 37.3 Å². The first-order chi connectivity index (χ1) is 15.0. The summed E-state index contributed by atoms with van der Waals surface area (Å²) in [4.78, 5) is 30.1. The molecule has 1 aromatic carbocycles. The van der Waals surface area contributed by atoms with Gasteiger partial charge in [-0.05, 0) is 47.2 Å². The van der Waals surface area contributed by atoms with Crippen LogP contribution >= 0.6 is 0 Å². The van der Waals surface area contributed by atoms with Crippen molar-refractivity contribution in [1.29, 1.82) is 0 Å². The van der Waals surface area contributed by atoms with Crippen LogP contribution in [0.5, 0.6) is 0 Å². The van der Waals surface area contributed by atoms with Crippen molar-refractivity contribution < 1.29 is 14.8 Å². The third kappa shape index (κ3) is 4.63. The van der Waals surface area contributed by atoms with Crippen LogP contribution in [0.15, 0.2) is 53.8 Å². The lowest BCUT2D eigenvalue weighted by Gasteiger charge is -2.25. The first-order valence-corrected chi connectivity index (χ1v) is 10.1. The molecule has 31 heavy (non-hydrogen) atoms. The quantitative estimate of drug-likeness (QED) is 0.232. The van der Waals surface area contributed by atoms with E-state index < -0.39 is 0 Å². The van der Waals surface area contributed by atoms with Gasteiger partial charge in [0.05, 0.1) is 0 Å². The molecule has 0 radical (unpaired) electrons. The summed E-state index contributed by atoms with van der Waals surface area (Å²) in [5.74, 6) is 0.609. The predicted octanol–water partition coefficient (Wildman–Crippen LogP) is 2.39. The highest BCUT2D eigenvalue weighted by Crippen LogP contribution is 2.24. The molecule has 0 bridgehead atoms. The van der Waals surface area contributed by atoms with Crippen molar-refractivity contribution >= 4 is 35.1 Å². The van der Waals surface area contributed by atoms with Crippen molar-refractivity contribution in [3.8, 4) is 0 Å². The van der Waals surface area contributed by atoms with Gasteiger partial charge in [0.1, 0.15) is 5.82 Å². The van der Waals surface area contributed by atoms with Crippen LogP contribution in [0, 0.1) is 0 Å². The van der Waals surface area contributed by atoms with Gasteiger partial charge in [0.15, 0.2) is 5.84 Å². The highest BCUT2D eigenvalue weighted by molar-refractivity contribution is 5.97. The van der Waals surface area contributed by atoms with Crippen LogP contribution in [0.25, 0.3) is 11.6 Å². The molecule has 158 valence electrons. The highest BCUT2D eigenvalue weighted by atomic mass is 16.4. The fourth-order valence-electron chi connectivity index (χ4n) is 3.68. The van der Waals surface area contributed by atoms with Crippen LogP contribution in [-0.4, -0.2) is 45.8 Å². The number of benzene rings is 1. The van der Waals surface area contributed by atoms with E-state index in [2.05, 4.69) is 21.5 Å². The highest BCUT2D eigenvalue weighted by Gasteiger charge is 2.17. The lowest BCUT2D eigenvalue weighted by molar-refractivity contribution is -0.125. The van der Waals surface area contributed by atoms with Gasteiger partial charge in [-0.2, -0.15) is 0 Å². The number of aromatic nitrogens is 1. The van der Waals surface area contributed by atoms with Crippen LogP contribution in [0.4, 0.5) is 5.82 Å². The Morgan fingerprint density at radius 3 is 2.74 bits per heavy atom. The topological polar surface area (TPSA) is 121 Å². The third-order valence-corrected chi connectivity index (χ3v) is 5.47. The molecule has 4 N–H and O–H groups in total. The van der Waals surface area contributed by atoms with Crippen molar-refractivity contribution in [1.82, 2.24) is 9.88 Å². The lowest BCUT2D eigenvalue weighted by atomic mass is 9.98. The van der Waals surface area contributed by atoms with Crippen molar-refractivity contribution in [2.45, 2.75) is 19.3 Å².